The number of nitrogens with zero attached hydrogens (tertiary/aromatic N) is 4. The largest absolute Gasteiger partial charge is 0.338 e. The van der Waals surface area contributed by atoms with Crippen molar-refractivity contribution in [3.05, 3.63) is 53.4 Å². The predicted molar refractivity (Wildman–Crippen MR) is 107 cm³/mol. The molecule has 0 aliphatic rings. The van der Waals surface area contributed by atoms with Gasteiger partial charge in [-0.2, -0.15) is 0 Å². The maximum absolute atomic E-state index is 12.6. The highest BCUT2D eigenvalue weighted by molar-refractivity contribution is 7.99. The molecule has 2 heterocycles. The number of hydrogen-bond donors (Lipinski definition) is 0. The zero-order chi connectivity index (χ0) is 18.5. The minimum absolute atomic E-state index is 0.0371. The summed E-state index contributed by atoms with van der Waals surface area (Å²) >= 11 is 3.08. The SMILES string of the molecule is CCn1c(SCC(=O)N(C)C(C)c2ccccc2)nnc1-c1cccs1. The average Bonchev–Trinajstić information content (AvgIpc) is 3.34. The van der Waals surface area contributed by atoms with Gasteiger partial charge in [-0.15, -0.1) is 21.5 Å². The summed E-state index contributed by atoms with van der Waals surface area (Å²) in [5, 5.41) is 11.4. The molecule has 2 aromatic heterocycles. The zero-order valence-corrected chi connectivity index (χ0v) is 16.8. The minimum Gasteiger partial charge on any atom is -0.338 e. The van der Waals surface area contributed by atoms with Gasteiger partial charge in [-0.25, -0.2) is 0 Å². The minimum atomic E-state index is 0.0371. The Bertz CT molecular complexity index is 846. The summed E-state index contributed by atoms with van der Waals surface area (Å²) < 4.78 is 2.06. The molecule has 0 aliphatic heterocycles. The molecule has 136 valence electrons. The van der Waals surface area contributed by atoms with Gasteiger partial charge in [0.05, 0.1) is 16.7 Å². The average molecular weight is 387 g/mol. The van der Waals surface area contributed by atoms with Crippen molar-refractivity contribution in [2.75, 3.05) is 12.8 Å². The van der Waals surface area contributed by atoms with E-state index in [1.54, 1.807) is 16.2 Å². The molecule has 1 aromatic carbocycles. The number of amides is 1. The quantitative estimate of drug-likeness (QED) is 0.567. The van der Waals surface area contributed by atoms with Gasteiger partial charge in [0.2, 0.25) is 5.91 Å². The lowest BCUT2D eigenvalue weighted by molar-refractivity contribution is -0.128. The Hall–Kier alpha value is -2.12. The Morgan fingerprint density at radius 3 is 2.65 bits per heavy atom. The van der Waals surface area contributed by atoms with Gasteiger partial charge < -0.3 is 9.47 Å². The highest BCUT2D eigenvalue weighted by Gasteiger charge is 2.20. The van der Waals surface area contributed by atoms with E-state index in [4.69, 9.17) is 0 Å². The molecule has 7 heteroatoms. The smallest absolute Gasteiger partial charge is 0.233 e. The van der Waals surface area contributed by atoms with Crippen LogP contribution in [0.2, 0.25) is 0 Å². The summed E-state index contributed by atoms with van der Waals surface area (Å²) in [4.78, 5) is 15.5. The van der Waals surface area contributed by atoms with Gasteiger partial charge in [-0.05, 0) is 30.9 Å². The van der Waals surface area contributed by atoms with E-state index in [9.17, 15) is 4.79 Å². The number of carbonyl (C=O) groups is 1. The summed E-state index contributed by atoms with van der Waals surface area (Å²) in [6, 6.07) is 14.1. The second-order valence-corrected chi connectivity index (χ2v) is 7.80. The molecule has 0 aliphatic carbocycles. The van der Waals surface area contributed by atoms with Crippen molar-refractivity contribution in [2.45, 2.75) is 31.6 Å². The fraction of sp³-hybridized carbons (Fsp3) is 0.316. The number of benzene rings is 1. The van der Waals surface area contributed by atoms with Gasteiger partial charge >= 0.3 is 0 Å². The fourth-order valence-electron chi connectivity index (χ4n) is 2.67. The molecule has 0 fully saturated rings. The van der Waals surface area contributed by atoms with Crippen molar-refractivity contribution in [1.29, 1.82) is 0 Å². The van der Waals surface area contributed by atoms with Crippen LogP contribution in [0, 0.1) is 0 Å². The molecule has 0 N–H and O–H groups in total. The molecule has 26 heavy (non-hydrogen) atoms. The topological polar surface area (TPSA) is 51.0 Å². The monoisotopic (exact) mass is 386 g/mol. The second kappa shape index (κ2) is 8.51. The van der Waals surface area contributed by atoms with Crippen molar-refractivity contribution < 1.29 is 4.79 Å². The van der Waals surface area contributed by atoms with Gasteiger partial charge in [0.25, 0.3) is 0 Å². The molecule has 3 rings (SSSR count). The molecule has 0 bridgehead atoms. The van der Waals surface area contributed by atoms with Crippen LogP contribution >= 0.6 is 23.1 Å². The molecule has 3 aromatic rings. The number of thiophene rings is 1. The Balaban J connectivity index is 1.66. The summed E-state index contributed by atoms with van der Waals surface area (Å²) in [7, 11) is 1.85. The van der Waals surface area contributed by atoms with Crippen molar-refractivity contribution >= 4 is 29.0 Å². The molecule has 0 radical (unpaired) electrons. The molecule has 0 saturated heterocycles. The van der Waals surface area contributed by atoms with E-state index in [2.05, 4.69) is 21.7 Å². The highest BCUT2D eigenvalue weighted by Crippen LogP contribution is 2.27. The summed E-state index contributed by atoms with van der Waals surface area (Å²) in [5.74, 6) is 1.29. The molecule has 0 saturated carbocycles. The van der Waals surface area contributed by atoms with Gasteiger partial charge in [0.15, 0.2) is 11.0 Å². The lowest BCUT2D eigenvalue weighted by Gasteiger charge is -2.25. The standard InChI is InChI=1S/C19H22N4OS2/c1-4-23-18(16-11-8-12-25-16)20-21-19(23)26-13-17(24)22(3)14(2)15-9-6-5-7-10-15/h5-12,14H,4,13H2,1-3H3. The number of rotatable bonds is 7. The summed E-state index contributed by atoms with van der Waals surface area (Å²) in [5.41, 5.74) is 1.13. The predicted octanol–water partition coefficient (Wildman–Crippen LogP) is 4.34. The van der Waals surface area contributed by atoms with E-state index in [-0.39, 0.29) is 11.9 Å². The summed E-state index contributed by atoms with van der Waals surface area (Å²) in [6.45, 7) is 4.88. The second-order valence-electron chi connectivity index (χ2n) is 5.91. The van der Waals surface area contributed by atoms with Crippen molar-refractivity contribution in [2.24, 2.45) is 0 Å². The van der Waals surface area contributed by atoms with Gasteiger partial charge in [-0.3, -0.25) is 4.79 Å². The summed E-state index contributed by atoms with van der Waals surface area (Å²) in [6.07, 6.45) is 0. The highest BCUT2D eigenvalue weighted by atomic mass is 32.2. The zero-order valence-electron chi connectivity index (χ0n) is 15.1. The first-order valence-corrected chi connectivity index (χ1v) is 10.4. The molecule has 1 unspecified atom stereocenters. The fourth-order valence-corrected chi connectivity index (χ4v) is 4.31. The van der Waals surface area contributed by atoms with Crippen LogP contribution in [-0.2, 0) is 11.3 Å². The number of hydrogen-bond acceptors (Lipinski definition) is 5. The first-order valence-electron chi connectivity index (χ1n) is 8.52. The van der Waals surface area contributed by atoms with Crippen LogP contribution in [0.5, 0.6) is 0 Å². The Kier molecular flexibility index (Phi) is 6.11. The van der Waals surface area contributed by atoms with E-state index in [1.165, 1.54) is 11.8 Å². The van der Waals surface area contributed by atoms with E-state index in [0.717, 1.165) is 28.0 Å². The van der Waals surface area contributed by atoms with Gasteiger partial charge in [-0.1, -0.05) is 48.2 Å². The number of thioether (sulfide) groups is 1. The van der Waals surface area contributed by atoms with Crippen LogP contribution in [0.25, 0.3) is 10.7 Å². The van der Waals surface area contributed by atoms with Crippen molar-refractivity contribution in [3.8, 4) is 10.7 Å². The Labute approximate surface area is 162 Å². The Morgan fingerprint density at radius 2 is 2.00 bits per heavy atom. The van der Waals surface area contributed by atoms with Crippen LogP contribution in [0.15, 0.2) is 53.0 Å². The van der Waals surface area contributed by atoms with Crippen LogP contribution in [0.4, 0.5) is 0 Å². The van der Waals surface area contributed by atoms with Crippen molar-refractivity contribution in [1.82, 2.24) is 19.7 Å². The van der Waals surface area contributed by atoms with E-state index < -0.39 is 0 Å². The van der Waals surface area contributed by atoms with Crippen molar-refractivity contribution in [3.63, 3.8) is 0 Å². The first kappa shape index (κ1) is 18.7. The third-order valence-electron chi connectivity index (χ3n) is 4.36. The molecule has 5 nitrogen and oxygen atoms in total. The number of carbonyl (C=O) groups excluding carboxylic acids is 1. The lowest BCUT2D eigenvalue weighted by atomic mass is 10.1. The Morgan fingerprint density at radius 1 is 1.23 bits per heavy atom. The third-order valence-corrected chi connectivity index (χ3v) is 6.17. The number of aromatic nitrogens is 3. The van der Waals surface area contributed by atoms with Gasteiger partial charge in [0.1, 0.15) is 0 Å². The molecular weight excluding hydrogens is 364 g/mol. The maximum atomic E-state index is 12.6. The van der Waals surface area contributed by atoms with Crippen LogP contribution in [0.3, 0.4) is 0 Å². The van der Waals surface area contributed by atoms with Gasteiger partial charge in [0, 0.05) is 13.6 Å². The molecular formula is C19H22N4OS2. The molecule has 1 amide bonds. The maximum Gasteiger partial charge on any atom is 0.233 e. The third kappa shape index (κ3) is 3.99. The van der Waals surface area contributed by atoms with Crippen LogP contribution in [-0.4, -0.2) is 38.4 Å². The van der Waals surface area contributed by atoms with Crippen LogP contribution in [0.1, 0.15) is 25.5 Å². The van der Waals surface area contributed by atoms with E-state index >= 15 is 0 Å². The van der Waals surface area contributed by atoms with E-state index in [0.29, 0.717) is 5.75 Å². The molecule has 1 atom stereocenters. The molecule has 0 spiro atoms. The lowest BCUT2D eigenvalue weighted by Crippen LogP contribution is -2.31. The first-order chi connectivity index (χ1) is 12.6. The van der Waals surface area contributed by atoms with E-state index in [1.807, 2.05) is 61.8 Å². The normalized spacial score (nSPS) is 12.1. The van der Waals surface area contributed by atoms with Crippen LogP contribution < -0.4 is 0 Å².